The number of piperidine rings is 1. The van der Waals surface area contributed by atoms with Gasteiger partial charge in [0.1, 0.15) is 6.10 Å². The topological polar surface area (TPSA) is 66.8 Å². The van der Waals surface area contributed by atoms with Crippen molar-refractivity contribution in [2.24, 2.45) is 0 Å². The van der Waals surface area contributed by atoms with Gasteiger partial charge in [-0.1, -0.05) is 0 Å². The molecule has 0 unspecified atom stereocenters. The number of ether oxygens (including phenoxy) is 1. The number of hydrogen-bond donors (Lipinski definition) is 1. The summed E-state index contributed by atoms with van der Waals surface area (Å²) in [5.74, 6) is -0.472. The molecule has 1 aromatic heterocycles. The van der Waals surface area contributed by atoms with E-state index in [4.69, 9.17) is 9.84 Å². The molecule has 3 rings (SSSR count). The lowest BCUT2D eigenvalue weighted by atomic mass is 9.91. The molecule has 1 aromatic rings. The molecule has 2 saturated heterocycles. The lowest BCUT2D eigenvalue weighted by molar-refractivity contribution is -0.155. The molecule has 0 spiro atoms. The van der Waals surface area contributed by atoms with Crippen LogP contribution < -0.4 is 0 Å². The molecule has 6 heteroatoms. The van der Waals surface area contributed by atoms with Gasteiger partial charge < -0.3 is 14.7 Å². The van der Waals surface area contributed by atoms with Crippen LogP contribution in [0.5, 0.6) is 0 Å². The minimum Gasteiger partial charge on any atom is -0.479 e. The van der Waals surface area contributed by atoms with Crippen molar-refractivity contribution in [1.29, 1.82) is 0 Å². The molecule has 3 heterocycles. The molecule has 2 atom stereocenters. The van der Waals surface area contributed by atoms with Gasteiger partial charge in [0, 0.05) is 13.1 Å². The number of carbonyl (C=O) groups is 2. The fourth-order valence-corrected chi connectivity index (χ4v) is 3.89. The van der Waals surface area contributed by atoms with E-state index in [1.165, 1.54) is 5.56 Å². The van der Waals surface area contributed by atoms with Crippen LogP contribution in [0.1, 0.15) is 37.2 Å². The van der Waals surface area contributed by atoms with Gasteiger partial charge in [-0.05, 0) is 54.0 Å². The Kier molecular flexibility index (Phi) is 4.26. The van der Waals surface area contributed by atoms with Gasteiger partial charge in [-0.3, -0.25) is 4.79 Å². The van der Waals surface area contributed by atoms with Crippen LogP contribution in [0.3, 0.4) is 0 Å². The van der Waals surface area contributed by atoms with Crippen molar-refractivity contribution < 1.29 is 19.4 Å². The Morgan fingerprint density at radius 3 is 2.48 bits per heavy atom. The van der Waals surface area contributed by atoms with Crippen molar-refractivity contribution in [2.75, 3.05) is 13.1 Å². The second kappa shape index (κ2) is 6.15. The Morgan fingerprint density at radius 1 is 1.19 bits per heavy atom. The zero-order chi connectivity index (χ0) is 14.8. The molecule has 0 aromatic carbocycles. The predicted molar refractivity (Wildman–Crippen MR) is 78.4 cm³/mol. The molecule has 1 amide bonds. The molecule has 0 bridgehead atoms. The molecular weight excluding hydrogens is 290 g/mol. The summed E-state index contributed by atoms with van der Waals surface area (Å²) in [7, 11) is 0. The molecule has 21 heavy (non-hydrogen) atoms. The van der Waals surface area contributed by atoms with Gasteiger partial charge in [0.05, 0.1) is 0 Å². The fourth-order valence-electron chi connectivity index (χ4n) is 3.14. The number of aliphatic carboxylic acids is 1. The molecule has 0 saturated carbocycles. The van der Waals surface area contributed by atoms with Crippen molar-refractivity contribution >= 4 is 23.2 Å². The Bertz CT molecular complexity index is 508. The number of rotatable bonds is 3. The van der Waals surface area contributed by atoms with Crippen LogP contribution in [0.15, 0.2) is 16.8 Å². The number of amides is 1. The van der Waals surface area contributed by atoms with Crippen LogP contribution >= 0.6 is 11.3 Å². The lowest BCUT2D eigenvalue weighted by Gasteiger charge is -2.33. The van der Waals surface area contributed by atoms with Crippen LogP contribution in [-0.2, 0) is 14.3 Å². The monoisotopic (exact) mass is 309 g/mol. The molecule has 0 aliphatic carbocycles. The number of thiophene rings is 1. The van der Waals surface area contributed by atoms with Gasteiger partial charge in [0.15, 0.2) is 6.10 Å². The average Bonchev–Trinajstić information content (AvgIpc) is 3.18. The van der Waals surface area contributed by atoms with Gasteiger partial charge in [-0.15, -0.1) is 0 Å². The molecule has 0 radical (unpaired) electrons. The second-order valence-electron chi connectivity index (χ2n) is 5.69. The van der Waals surface area contributed by atoms with Crippen molar-refractivity contribution in [3.63, 3.8) is 0 Å². The Balaban J connectivity index is 1.52. The zero-order valence-corrected chi connectivity index (χ0v) is 12.6. The third-order valence-corrected chi connectivity index (χ3v) is 5.09. The summed E-state index contributed by atoms with van der Waals surface area (Å²) in [6, 6.07) is 2.16. The van der Waals surface area contributed by atoms with Gasteiger partial charge in [0.2, 0.25) is 0 Å². The first-order valence-corrected chi connectivity index (χ1v) is 8.28. The Hall–Kier alpha value is -1.40. The highest BCUT2D eigenvalue weighted by molar-refractivity contribution is 7.07. The Morgan fingerprint density at radius 2 is 1.90 bits per heavy atom. The van der Waals surface area contributed by atoms with E-state index in [0.29, 0.717) is 18.8 Å². The quantitative estimate of drug-likeness (QED) is 0.928. The first-order chi connectivity index (χ1) is 10.1. The highest BCUT2D eigenvalue weighted by Gasteiger charge is 2.37. The third-order valence-electron chi connectivity index (χ3n) is 4.39. The summed E-state index contributed by atoms with van der Waals surface area (Å²) in [5.41, 5.74) is 1.37. The maximum Gasteiger partial charge on any atom is 0.332 e. The van der Waals surface area contributed by atoms with E-state index in [1.54, 1.807) is 11.3 Å². The van der Waals surface area contributed by atoms with E-state index in [0.717, 1.165) is 25.9 Å². The van der Waals surface area contributed by atoms with Gasteiger partial charge in [-0.2, -0.15) is 11.3 Å². The Labute approximate surface area is 127 Å². The highest BCUT2D eigenvalue weighted by atomic mass is 32.1. The molecule has 2 aliphatic heterocycles. The molecule has 114 valence electrons. The molecular formula is C15H19NO4S. The number of nitrogens with zero attached hydrogens (tertiary/aromatic N) is 1. The second-order valence-corrected chi connectivity index (χ2v) is 6.47. The normalized spacial score (nSPS) is 27.0. The largest absolute Gasteiger partial charge is 0.479 e. The summed E-state index contributed by atoms with van der Waals surface area (Å²) in [6.07, 6.45) is 1.50. The minimum atomic E-state index is -0.971. The van der Waals surface area contributed by atoms with Crippen molar-refractivity contribution in [3.8, 4) is 0 Å². The summed E-state index contributed by atoms with van der Waals surface area (Å²) in [4.78, 5) is 25.1. The minimum absolute atomic E-state index is 0.0393. The molecule has 5 nitrogen and oxygen atoms in total. The molecule has 2 aliphatic rings. The fraction of sp³-hybridized carbons (Fsp3) is 0.600. The van der Waals surface area contributed by atoms with E-state index < -0.39 is 18.2 Å². The molecule has 2 fully saturated rings. The number of carbonyl (C=O) groups excluding carboxylic acids is 1. The third kappa shape index (κ3) is 3.11. The van der Waals surface area contributed by atoms with E-state index in [2.05, 4.69) is 16.8 Å². The van der Waals surface area contributed by atoms with E-state index in [1.807, 2.05) is 4.90 Å². The van der Waals surface area contributed by atoms with Gasteiger partial charge in [-0.25, -0.2) is 4.79 Å². The number of carboxylic acid groups (broad SMARTS) is 1. The lowest BCUT2D eigenvalue weighted by Crippen LogP contribution is -2.43. The van der Waals surface area contributed by atoms with E-state index >= 15 is 0 Å². The van der Waals surface area contributed by atoms with Gasteiger partial charge >= 0.3 is 5.97 Å². The van der Waals surface area contributed by atoms with Crippen molar-refractivity contribution in [1.82, 2.24) is 4.90 Å². The SMILES string of the molecule is O=C(O)[C@H]1CC[C@@H](C(=O)N2CCC(c3ccsc3)CC2)O1. The van der Waals surface area contributed by atoms with E-state index in [9.17, 15) is 9.59 Å². The van der Waals surface area contributed by atoms with Crippen molar-refractivity contribution in [2.45, 2.75) is 43.8 Å². The summed E-state index contributed by atoms with van der Waals surface area (Å²) in [5, 5.41) is 13.2. The van der Waals surface area contributed by atoms with Crippen LogP contribution in [0.4, 0.5) is 0 Å². The number of carboxylic acids is 1. The summed E-state index contributed by atoms with van der Waals surface area (Å²) < 4.78 is 5.35. The molecule has 1 N–H and O–H groups in total. The summed E-state index contributed by atoms with van der Waals surface area (Å²) >= 11 is 1.71. The first-order valence-electron chi connectivity index (χ1n) is 7.34. The average molecular weight is 309 g/mol. The van der Waals surface area contributed by atoms with Crippen molar-refractivity contribution in [3.05, 3.63) is 22.4 Å². The standard InChI is InChI=1S/C15H19NO4S/c17-14(12-1-2-13(20-12)15(18)19)16-6-3-10(4-7-16)11-5-8-21-9-11/h5,8-10,12-13H,1-4,6-7H2,(H,18,19)/t12-,13+/m0/s1. The van der Waals surface area contributed by atoms with Crippen LogP contribution in [0, 0.1) is 0 Å². The van der Waals surface area contributed by atoms with Crippen LogP contribution in [0.25, 0.3) is 0 Å². The van der Waals surface area contributed by atoms with Crippen LogP contribution in [0.2, 0.25) is 0 Å². The summed E-state index contributed by atoms with van der Waals surface area (Å²) in [6.45, 7) is 1.47. The number of hydrogen-bond acceptors (Lipinski definition) is 4. The van der Waals surface area contributed by atoms with Crippen LogP contribution in [-0.4, -0.2) is 47.2 Å². The zero-order valence-electron chi connectivity index (χ0n) is 11.7. The first kappa shape index (κ1) is 14.5. The smallest absolute Gasteiger partial charge is 0.332 e. The van der Waals surface area contributed by atoms with E-state index in [-0.39, 0.29) is 5.91 Å². The maximum atomic E-state index is 12.4. The predicted octanol–water partition coefficient (Wildman–Crippen LogP) is 2.09. The maximum absolute atomic E-state index is 12.4. The number of likely N-dealkylation sites (tertiary alicyclic amines) is 1. The highest BCUT2D eigenvalue weighted by Crippen LogP contribution is 2.30. The van der Waals surface area contributed by atoms with Gasteiger partial charge in [0.25, 0.3) is 5.91 Å².